The van der Waals surface area contributed by atoms with Crippen molar-refractivity contribution in [1.29, 1.82) is 0 Å². The second-order valence-electron chi connectivity index (χ2n) is 3.30. The molecule has 6 nitrogen and oxygen atoms in total. The second kappa shape index (κ2) is 4.46. The minimum absolute atomic E-state index is 0.115. The maximum Gasteiger partial charge on any atom is 0.335 e. The number of carboxylic acids is 1. The van der Waals surface area contributed by atoms with E-state index < -0.39 is 22.5 Å². The largest absolute Gasteiger partial charge is 0.478 e. The van der Waals surface area contributed by atoms with Gasteiger partial charge in [-0.05, 0) is 30.0 Å². The number of nitrogens with one attached hydrogen (secondary N) is 2. The van der Waals surface area contributed by atoms with Gasteiger partial charge in [0, 0.05) is 5.69 Å². The molecular formula is C10H8N2O4S. The molecule has 1 atom stereocenters. The molecule has 1 aliphatic heterocycles. The minimum Gasteiger partial charge on any atom is -0.478 e. The van der Waals surface area contributed by atoms with Crippen LogP contribution in [0.5, 0.6) is 0 Å². The molecule has 1 heterocycles. The Kier molecular flexibility index (Phi) is 3.01. The van der Waals surface area contributed by atoms with Crippen LogP contribution in [0.4, 0.5) is 10.5 Å². The lowest BCUT2D eigenvalue weighted by Gasteiger charge is -2.10. The number of carbonyl (C=O) groups excluding carboxylic acids is 2. The van der Waals surface area contributed by atoms with Crippen molar-refractivity contribution in [3.63, 3.8) is 0 Å². The molecule has 3 N–H and O–H groups in total. The zero-order valence-corrected chi connectivity index (χ0v) is 9.28. The molecule has 1 fully saturated rings. The Bertz CT molecular complexity index is 503. The maximum atomic E-state index is 11.3. The standard InChI is InChI=1S/C10H8N2O4S/c13-7-8(17-10(16)12-7)11-6-3-1-2-5(4-6)9(14)15/h1-4,8,11H,(H,14,15)(H,12,13,16)/t8-/m0/s1. The number of carboxylic acid groups (broad SMARTS) is 1. The molecule has 1 saturated heterocycles. The summed E-state index contributed by atoms with van der Waals surface area (Å²) in [6.07, 6.45) is 0. The zero-order valence-electron chi connectivity index (χ0n) is 8.47. The Balaban J connectivity index is 2.13. The first kappa shape index (κ1) is 11.5. The van der Waals surface area contributed by atoms with E-state index in [0.717, 1.165) is 11.8 Å². The van der Waals surface area contributed by atoms with Crippen molar-refractivity contribution in [3.05, 3.63) is 29.8 Å². The summed E-state index contributed by atoms with van der Waals surface area (Å²) in [4.78, 5) is 32.9. The second-order valence-corrected chi connectivity index (χ2v) is 4.38. The Morgan fingerprint density at radius 1 is 1.41 bits per heavy atom. The predicted octanol–water partition coefficient (Wildman–Crippen LogP) is 1.11. The summed E-state index contributed by atoms with van der Waals surface area (Å²) in [7, 11) is 0. The highest BCUT2D eigenvalue weighted by atomic mass is 32.2. The van der Waals surface area contributed by atoms with Crippen molar-refractivity contribution in [2.24, 2.45) is 0 Å². The number of thioether (sulfide) groups is 1. The fraction of sp³-hybridized carbons (Fsp3) is 0.100. The Hall–Kier alpha value is -2.02. The normalized spacial score (nSPS) is 18.9. The number of carbonyl (C=O) groups is 3. The van der Waals surface area contributed by atoms with E-state index in [9.17, 15) is 14.4 Å². The van der Waals surface area contributed by atoms with E-state index in [1.807, 2.05) is 0 Å². The number of rotatable bonds is 3. The van der Waals surface area contributed by atoms with Gasteiger partial charge in [-0.1, -0.05) is 6.07 Å². The summed E-state index contributed by atoms with van der Waals surface area (Å²) in [6, 6.07) is 6.04. The molecule has 0 spiro atoms. The van der Waals surface area contributed by atoms with Crippen LogP contribution < -0.4 is 10.6 Å². The molecule has 88 valence electrons. The molecular weight excluding hydrogens is 244 g/mol. The predicted molar refractivity (Wildman–Crippen MR) is 61.9 cm³/mol. The number of hydrogen-bond donors (Lipinski definition) is 3. The van der Waals surface area contributed by atoms with Crippen LogP contribution in [0.2, 0.25) is 0 Å². The molecule has 2 rings (SSSR count). The van der Waals surface area contributed by atoms with Crippen LogP contribution in [0.1, 0.15) is 10.4 Å². The molecule has 17 heavy (non-hydrogen) atoms. The third-order valence-electron chi connectivity index (χ3n) is 2.10. The first-order valence-electron chi connectivity index (χ1n) is 4.67. The van der Waals surface area contributed by atoms with Crippen LogP contribution in [0.3, 0.4) is 0 Å². The van der Waals surface area contributed by atoms with Crippen LogP contribution in [0, 0.1) is 0 Å². The van der Waals surface area contributed by atoms with Crippen molar-refractivity contribution in [1.82, 2.24) is 5.32 Å². The number of aromatic carboxylic acids is 1. The van der Waals surface area contributed by atoms with Gasteiger partial charge in [0.1, 0.15) is 0 Å². The lowest BCUT2D eigenvalue weighted by atomic mass is 10.2. The molecule has 1 aromatic carbocycles. The fourth-order valence-electron chi connectivity index (χ4n) is 1.34. The first-order valence-corrected chi connectivity index (χ1v) is 5.55. The third-order valence-corrected chi connectivity index (χ3v) is 2.98. The molecule has 0 unspecified atom stereocenters. The van der Waals surface area contributed by atoms with Crippen LogP contribution >= 0.6 is 11.8 Å². The van der Waals surface area contributed by atoms with E-state index in [2.05, 4.69) is 10.6 Å². The van der Waals surface area contributed by atoms with E-state index >= 15 is 0 Å². The fourth-order valence-corrected chi connectivity index (χ4v) is 2.08. The average molecular weight is 252 g/mol. The number of anilines is 1. The van der Waals surface area contributed by atoms with Gasteiger partial charge in [-0.2, -0.15) is 0 Å². The van der Waals surface area contributed by atoms with Gasteiger partial charge in [-0.3, -0.25) is 14.9 Å². The average Bonchev–Trinajstić information content (AvgIpc) is 2.58. The summed E-state index contributed by atoms with van der Waals surface area (Å²) in [6.45, 7) is 0. The Morgan fingerprint density at radius 3 is 2.76 bits per heavy atom. The van der Waals surface area contributed by atoms with Gasteiger partial charge in [0.25, 0.3) is 11.1 Å². The van der Waals surface area contributed by atoms with Crippen molar-refractivity contribution in [2.45, 2.75) is 5.37 Å². The summed E-state index contributed by atoms with van der Waals surface area (Å²) >= 11 is 0.825. The van der Waals surface area contributed by atoms with Gasteiger partial charge < -0.3 is 10.4 Å². The maximum absolute atomic E-state index is 11.3. The molecule has 1 aromatic rings. The molecule has 7 heteroatoms. The molecule has 0 bridgehead atoms. The van der Waals surface area contributed by atoms with Crippen molar-refractivity contribution in [2.75, 3.05) is 5.32 Å². The number of benzene rings is 1. The number of hydrogen-bond acceptors (Lipinski definition) is 5. The summed E-state index contributed by atoms with van der Waals surface area (Å²) < 4.78 is 0. The minimum atomic E-state index is -1.05. The molecule has 0 aliphatic carbocycles. The van der Waals surface area contributed by atoms with E-state index in [-0.39, 0.29) is 5.56 Å². The number of amides is 2. The third kappa shape index (κ3) is 2.56. The molecule has 0 radical (unpaired) electrons. The monoisotopic (exact) mass is 252 g/mol. The van der Waals surface area contributed by atoms with Gasteiger partial charge in [-0.15, -0.1) is 0 Å². The highest BCUT2D eigenvalue weighted by Crippen LogP contribution is 2.22. The van der Waals surface area contributed by atoms with Crippen LogP contribution in [-0.2, 0) is 4.79 Å². The van der Waals surface area contributed by atoms with E-state index in [0.29, 0.717) is 5.69 Å². The van der Waals surface area contributed by atoms with Crippen LogP contribution in [-0.4, -0.2) is 27.6 Å². The zero-order chi connectivity index (χ0) is 12.4. The van der Waals surface area contributed by atoms with Crippen molar-refractivity contribution < 1.29 is 19.5 Å². The first-order chi connectivity index (χ1) is 8.06. The molecule has 0 aromatic heterocycles. The Morgan fingerprint density at radius 2 is 2.18 bits per heavy atom. The highest BCUT2D eigenvalue weighted by Gasteiger charge is 2.31. The van der Waals surface area contributed by atoms with Gasteiger partial charge >= 0.3 is 5.97 Å². The van der Waals surface area contributed by atoms with Crippen LogP contribution in [0.15, 0.2) is 24.3 Å². The van der Waals surface area contributed by atoms with E-state index in [1.54, 1.807) is 12.1 Å². The van der Waals surface area contributed by atoms with E-state index in [4.69, 9.17) is 5.11 Å². The summed E-state index contributed by atoms with van der Waals surface area (Å²) in [5, 5.41) is 12.6. The van der Waals surface area contributed by atoms with Gasteiger partial charge in [0.2, 0.25) is 0 Å². The molecule has 0 saturated carbocycles. The van der Waals surface area contributed by atoms with Gasteiger partial charge in [-0.25, -0.2) is 4.79 Å². The quantitative estimate of drug-likeness (QED) is 0.745. The smallest absolute Gasteiger partial charge is 0.335 e. The van der Waals surface area contributed by atoms with Gasteiger partial charge in [0.05, 0.1) is 5.56 Å². The summed E-state index contributed by atoms with van der Waals surface area (Å²) in [5.74, 6) is -1.48. The Labute approximate surface area is 100 Å². The van der Waals surface area contributed by atoms with E-state index in [1.165, 1.54) is 12.1 Å². The summed E-state index contributed by atoms with van der Waals surface area (Å²) in [5.41, 5.74) is 0.594. The van der Waals surface area contributed by atoms with Crippen LogP contribution in [0.25, 0.3) is 0 Å². The molecule has 1 aliphatic rings. The highest BCUT2D eigenvalue weighted by molar-refractivity contribution is 8.15. The van der Waals surface area contributed by atoms with Crippen molar-refractivity contribution in [3.8, 4) is 0 Å². The lowest BCUT2D eigenvalue weighted by molar-refractivity contribution is -0.118. The molecule has 2 amide bonds. The number of imide groups is 1. The topological polar surface area (TPSA) is 95.5 Å². The lowest BCUT2D eigenvalue weighted by Crippen LogP contribution is -2.29. The van der Waals surface area contributed by atoms with Crippen molar-refractivity contribution >= 4 is 34.6 Å². The SMILES string of the molecule is O=C1NC(=O)[C@@H](Nc2cccc(C(=O)O)c2)S1. The van der Waals surface area contributed by atoms with Gasteiger partial charge in [0.15, 0.2) is 5.37 Å².